The molecule has 0 aliphatic carbocycles. The molecule has 1 aromatic rings. The number of aromatic nitrogens is 2. The lowest BCUT2D eigenvalue weighted by Crippen LogP contribution is -2.71. The number of nitrogen functional groups attached to an aromatic ring is 1. The van der Waals surface area contributed by atoms with E-state index in [9.17, 15) is 29.5 Å². The lowest BCUT2D eigenvalue weighted by atomic mass is 10.0. The number of thioether (sulfide) groups is 1. The van der Waals surface area contributed by atoms with E-state index in [0.717, 1.165) is 35.9 Å². The van der Waals surface area contributed by atoms with Crippen LogP contribution in [0.4, 0.5) is 5.13 Å². The second-order valence-corrected chi connectivity index (χ2v) is 10.4. The Balaban J connectivity index is 0.00000320. The largest absolute Gasteiger partial charge is 0.477 e. The number of hydrogen-bond acceptors (Lipinski definition) is 12. The van der Waals surface area contributed by atoms with Crippen LogP contribution in [0.2, 0.25) is 0 Å². The Morgan fingerprint density at radius 3 is 2.73 bits per heavy atom. The van der Waals surface area contributed by atoms with Crippen LogP contribution >= 0.6 is 23.3 Å². The number of nitrogens with one attached hydrogen (secondary N) is 2. The molecule has 0 bridgehead atoms. The number of carbonyl (C=O) groups is 4. The van der Waals surface area contributed by atoms with Crippen molar-refractivity contribution in [3.05, 3.63) is 28.7 Å². The van der Waals surface area contributed by atoms with E-state index in [2.05, 4.69) is 25.1 Å². The summed E-state index contributed by atoms with van der Waals surface area (Å²) >= 11 is 2.07. The maximum Gasteiger partial charge on any atom is 0.352 e. The number of anilines is 1. The first-order chi connectivity index (χ1) is 17.3. The number of likely N-dealkylation sites (tertiary alicyclic amines) is 1. The minimum Gasteiger partial charge on any atom is -0.477 e. The summed E-state index contributed by atoms with van der Waals surface area (Å²) in [5.41, 5.74) is 5.67. The van der Waals surface area contributed by atoms with Gasteiger partial charge in [-0.05, 0) is 31.0 Å². The van der Waals surface area contributed by atoms with Crippen LogP contribution in [0.15, 0.2) is 28.1 Å². The zero-order valence-corrected chi connectivity index (χ0v) is 20.3. The number of nitrogens with two attached hydrogens (primary N) is 1. The van der Waals surface area contributed by atoms with Crippen molar-refractivity contribution in [1.82, 2.24) is 29.8 Å². The van der Waals surface area contributed by atoms with Gasteiger partial charge in [0.15, 0.2) is 5.13 Å². The summed E-state index contributed by atoms with van der Waals surface area (Å²) < 4.78 is 3.82. The van der Waals surface area contributed by atoms with E-state index in [4.69, 9.17) is 5.73 Å². The van der Waals surface area contributed by atoms with Gasteiger partial charge in [-0.2, -0.15) is 9.36 Å². The minimum absolute atomic E-state index is 0. The SMILES string of the molecule is C.Nc1nc(/C(=N\O)C(=O)NC2C(=O)N3C(C(=O)O)=C(/C=C4\CCN(C5CCNC5)C4=O)CS[C@H]23)ns1. The number of nitrogens with zero attached hydrogens (tertiary/aromatic N) is 5. The van der Waals surface area contributed by atoms with Crippen molar-refractivity contribution in [2.24, 2.45) is 5.16 Å². The fourth-order valence-electron chi connectivity index (χ4n) is 4.72. The van der Waals surface area contributed by atoms with Gasteiger partial charge in [-0.25, -0.2) is 4.79 Å². The number of allylic oxidation sites excluding steroid dienone is 1. The lowest BCUT2D eigenvalue weighted by molar-refractivity contribution is -0.150. The molecule has 3 saturated heterocycles. The first kappa shape index (κ1) is 26.6. The second kappa shape index (κ2) is 10.5. The average Bonchev–Trinajstić information content (AvgIpc) is 3.60. The number of hydrogen-bond donors (Lipinski definition) is 5. The van der Waals surface area contributed by atoms with Gasteiger partial charge in [-0.3, -0.25) is 19.3 Å². The summed E-state index contributed by atoms with van der Waals surface area (Å²) in [6.45, 7) is 2.17. The topological polar surface area (TPSA) is 203 Å². The number of oxime groups is 1. The highest BCUT2D eigenvalue weighted by Gasteiger charge is 2.54. The van der Waals surface area contributed by atoms with E-state index in [1.54, 1.807) is 6.08 Å². The summed E-state index contributed by atoms with van der Waals surface area (Å²) in [4.78, 5) is 57.3. The molecular formula is C21H26N8O6S2. The fraction of sp³-hybridized carbons (Fsp3) is 0.476. The first-order valence-corrected chi connectivity index (χ1v) is 12.9. The molecule has 0 spiro atoms. The average molecular weight is 551 g/mol. The Hall–Kier alpha value is -3.50. The van der Waals surface area contributed by atoms with Gasteiger partial charge < -0.3 is 31.6 Å². The smallest absolute Gasteiger partial charge is 0.352 e. The third-order valence-electron chi connectivity index (χ3n) is 6.44. The minimum atomic E-state index is -1.30. The summed E-state index contributed by atoms with van der Waals surface area (Å²) in [7, 11) is 0. The van der Waals surface area contributed by atoms with Crippen molar-refractivity contribution in [3.63, 3.8) is 0 Å². The van der Waals surface area contributed by atoms with E-state index in [1.165, 1.54) is 11.8 Å². The Bertz CT molecular complexity index is 1240. The molecule has 3 atom stereocenters. The van der Waals surface area contributed by atoms with Gasteiger partial charge in [-0.1, -0.05) is 12.6 Å². The molecule has 3 fully saturated rings. The van der Waals surface area contributed by atoms with E-state index in [0.29, 0.717) is 24.1 Å². The quantitative estimate of drug-likeness (QED) is 0.0974. The second-order valence-electron chi connectivity index (χ2n) is 8.51. The van der Waals surface area contributed by atoms with E-state index in [-0.39, 0.29) is 41.8 Å². The number of carboxylic acids is 1. The normalized spacial score (nSPS) is 26.8. The predicted octanol–water partition coefficient (Wildman–Crippen LogP) is -0.806. The van der Waals surface area contributed by atoms with Crippen LogP contribution in [0.3, 0.4) is 0 Å². The molecule has 6 N–H and O–H groups in total. The molecule has 14 nitrogen and oxygen atoms in total. The first-order valence-electron chi connectivity index (χ1n) is 11.1. The number of rotatable bonds is 6. The van der Waals surface area contributed by atoms with Crippen LogP contribution in [0.25, 0.3) is 0 Å². The van der Waals surface area contributed by atoms with E-state index in [1.807, 2.05) is 4.90 Å². The number of carbonyl (C=O) groups excluding carboxylic acids is 3. The van der Waals surface area contributed by atoms with Gasteiger partial charge in [-0.15, -0.1) is 11.8 Å². The number of aliphatic carboxylic acids is 1. The monoisotopic (exact) mass is 550 g/mol. The Morgan fingerprint density at radius 1 is 1.32 bits per heavy atom. The Labute approximate surface area is 219 Å². The maximum atomic E-state index is 12.9. The van der Waals surface area contributed by atoms with Crippen LogP contribution in [0.1, 0.15) is 26.1 Å². The highest BCUT2D eigenvalue weighted by molar-refractivity contribution is 8.00. The molecule has 4 aliphatic rings. The fourth-order valence-corrected chi connectivity index (χ4v) is 6.46. The van der Waals surface area contributed by atoms with E-state index < -0.39 is 34.9 Å². The number of fused-ring (bicyclic) bond motifs is 1. The molecular weight excluding hydrogens is 524 g/mol. The van der Waals surface area contributed by atoms with Crippen LogP contribution in [0.5, 0.6) is 0 Å². The molecule has 5 heterocycles. The van der Waals surface area contributed by atoms with Crippen molar-refractivity contribution < 1.29 is 29.5 Å². The Kier molecular flexibility index (Phi) is 7.52. The van der Waals surface area contributed by atoms with Gasteiger partial charge in [0, 0.05) is 42.0 Å². The zero-order valence-electron chi connectivity index (χ0n) is 18.7. The molecule has 1 aromatic heterocycles. The lowest BCUT2D eigenvalue weighted by Gasteiger charge is -2.49. The maximum absolute atomic E-state index is 12.9. The van der Waals surface area contributed by atoms with Gasteiger partial charge in [0.05, 0.1) is 0 Å². The number of amides is 3. The molecule has 0 aromatic carbocycles. The molecule has 37 heavy (non-hydrogen) atoms. The van der Waals surface area contributed by atoms with Crippen LogP contribution in [0, 0.1) is 0 Å². The summed E-state index contributed by atoms with van der Waals surface area (Å²) in [6, 6.07) is -0.914. The molecule has 2 unspecified atom stereocenters. The van der Waals surface area contributed by atoms with Crippen LogP contribution in [-0.2, 0) is 19.2 Å². The molecule has 16 heteroatoms. The van der Waals surface area contributed by atoms with Gasteiger partial charge in [0.2, 0.25) is 17.4 Å². The van der Waals surface area contributed by atoms with Gasteiger partial charge in [0.25, 0.3) is 11.8 Å². The number of carboxylic acid groups (broad SMARTS) is 1. The highest BCUT2D eigenvalue weighted by atomic mass is 32.2. The standard InChI is InChI=1S/C20H22N8O6S2.CH4/c21-20-24-14(26-36-20)11(25-34)15(29)23-12-17(31)28-13(19(32)33)9(7-35-18(12)28)5-8-2-4-27(16(8)30)10-1-3-22-6-10;/h5,10,12,18,22,34H,1-4,6-7H2,(H,23,29)(H,32,33)(H2,21,24,26);1H4/b8-5+,25-11+;/t10?,12?,18-;/m1./s1. The summed E-state index contributed by atoms with van der Waals surface area (Å²) in [6.07, 6.45) is 2.97. The molecule has 198 valence electrons. The molecule has 4 aliphatic heterocycles. The zero-order chi connectivity index (χ0) is 25.6. The summed E-state index contributed by atoms with van der Waals surface area (Å²) in [5.74, 6) is -2.90. The van der Waals surface area contributed by atoms with Gasteiger partial charge >= 0.3 is 5.97 Å². The van der Waals surface area contributed by atoms with Crippen molar-refractivity contribution in [3.8, 4) is 0 Å². The van der Waals surface area contributed by atoms with Crippen LogP contribution in [-0.4, -0.2) is 102 Å². The number of β-lactam (4-membered cyclic amide) rings is 1. The van der Waals surface area contributed by atoms with Crippen molar-refractivity contribution in [1.29, 1.82) is 0 Å². The highest BCUT2D eigenvalue weighted by Crippen LogP contribution is 2.41. The molecule has 5 rings (SSSR count). The Morgan fingerprint density at radius 2 is 2.11 bits per heavy atom. The molecule has 0 radical (unpaired) electrons. The predicted molar refractivity (Wildman–Crippen MR) is 135 cm³/mol. The van der Waals surface area contributed by atoms with Crippen molar-refractivity contribution in [2.75, 3.05) is 31.1 Å². The third kappa shape index (κ3) is 4.67. The van der Waals surface area contributed by atoms with Crippen LogP contribution < -0.4 is 16.4 Å². The third-order valence-corrected chi connectivity index (χ3v) is 8.28. The van der Waals surface area contributed by atoms with Crippen molar-refractivity contribution in [2.45, 2.75) is 37.7 Å². The molecule has 0 saturated carbocycles. The van der Waals surface area contributed by atoms with E-state index >= 15 is 0 Å². The molecule has 3 amide bonds. The van der Waals surface area contributed by atoms with Crippen molar-refractivity contribution >= 4 is 57.8 Å². The van der Waals surface area contributed by atoms with Gasteiger partial charge in [0.1, 0.15) is 17.1 Å². The summed E-state index contributed by atoms with van der Waals surface area (Å²) in [5, 5.41) is 27.1.